The lowest BCUT2D eigenvalue weighted by Gasteiger charge is -2.35. The first kappa shape index (κ1) is 18.5. The molecule has 0 aliphatic carbocycles. The van der Waals surface area contributed by atoms with Crippen LogP contribution in [0.3, 0.4) is 0 Å². The van der Waals surface area contributed by atoms with Gasteiger partial charge in [0.1, 0.15) is 6.04 Å². The first-order valence-electron chi connectivity index (χ1n) is 8.80. The summed E-state index contributed by atoms with van der Waals surface area (Å²) in [5.41, 5.74) is 2.68. The zero-order chi connectivity index (χ0) is 17.7. The van der Waals surface area contributed by atoms with Crippen molar-refractivity contribution in [2.45, 2.75) is 45.6 Å². The number of benzene rings is 1. The maximum absolute atomic E-state index is 12.0. The topological polar surface area (TPSA) is 64.9 Å². The van der Waals surface area contributed by atoms with E-state index in [9.17, 15) is 14.7 Å². The van der Waals surface area contributed by atoms with Gasteiger partial charge in [-0.25, -0.2) is 0 Å². The standard InChI is InChI=1S/C19H28N2O3/c1-14(2)16-4-6-17(7-5-16)15(3)20-10-12-21(13-11-20)18(22)8-9-19(23)24/h4-7,14-15H,8-13H2,1-3H3,(H,23,24)/t15-/m1/s1. The number of aliphatic carboxylic acids is 1. The fourth-order valence-electron chi connectivity index (χ4n) is 3.25. The molecule has 1 aromatic rings. The second kappa shape index (κ2) is 8.29. The smallest absolute Gasteiger partial charge is 0.223 e. The molecule has 1 atom stereocenters. The van der Waals surface area contributed by atoms with Crippen molar-refractivity contribution < 1.29 is 19.6 Å². The molecule has 132 valence electrons. The van der Waals surface area contributed by atoms with Crippen molar-refractivity contribution in [3.8, 4) is 0 Å². The Morgan fingerprint density at radius 1 is 1.04 bits per heavy atom. The molecule has 1 aliphatic heterocycles. The number of carboxylic acids is 1. The fourth-order valence-corrected chi connectivity index (χ4v) is 3.25. The minimum Gasteiger partial charge on any atom is -0.550 e. The molecule has 0 unspecified atom stereocenters. The summed E-state index contributed by atoms with van der Waals surface area (Å²) in [6, 6.07) is 9.23. The molecule has 0 bridgehead atoms. The van der Waals surface area contributed by atoms with Gasteiger partial charge in [-0.3, -0.25) is 4.79 Å². The molecule has 1 aromatic carbocycles. The maximum atomic E-state index is 12.0. The summed E-state index contributed by atoms with van der Waals surface area (Å²) in [4.78, 5) is 25.7. The van der Waals surface area contributed by atoms with Crippen molar-refractivity contribution in [3.63, 3.8) is 0 Å². The lowest BCUT2D eigenvalue weighted by molar-refractivity contribution is -0.933. The van der Waals surface area contributed by atoms with E-state index in [0.717, 1.165) is 13.1 Å². The summed E-state index contributed by atoms with van der Waals surface area (Å²) in [7, 11) is 0. The van der Waals surface area contributed by atoms with Crippen LogP contribution < -0.4 is 10.0 Å². The number of hydrogen-bond acceptors (Lipinski definition) is 3. The number of quaternary nitrogens is 1. The Kier molecular flexibility index (Phi) is 6.37. The van der Waals surface area contributed by atoms with E-state index in [1.807, 2.05) is 0 Å². The first-order chi connectivity index (χ1) is 11.4. The minimum absolute atomic E-state index is 0.0455. The third-order valence-electron chi connectivity index (χ3n) is 5.02. The largest absolute Gasteiger partial charge is 0.550 e. The van der Waals surface area contributed by atoms with Gasteiger partial charge in [-0.05, 0) is 24.8 Å². The number of piperazine rings is 1. The van der Waals surface area contributed by atoms with Gasteiger partial charge in [0.15, 0.2) is 0 Å². The van der Waals surface area contributed by atoms with Gasteiger partial charge in [-0.2, -0.15) is 0 Å². The van der Waals surface area contributed by atoms with E-state index in [-0.39, 0.29) is 18.7 Å². The van der Waals surface area contributed by atoms with Gasteiger partial charge >= 0.3 is 0 Å². The Labute approximate surface area is 144 Å². The molecule has 24 heavy (non-hydrogen) atoms. The molecule has 0 spiro atoms. The van der Waals surface area contributed by atoms with Crippen molar-refractivity contribution in [3.05, 3.63) is 35.4 Å². The first-order valence-corrected chi connectivity index (χ1v) is 8.80. The summed E-state index contributed by atoms with van der Waals surface area (Å²) in [5, 5.41) is 10.5. The summed E-state index contributed by atoms with van der Waals surface area (Å²) in [5.74, 6) is -0.699. The number of hydrogen-bond donors (Lipinski definition) is 1. The Morgan fingerprint density at radius 3 is 2.08 bits per heavy atom. The normalized spacial score (nSPS) is 17.1. The van der Waals surface area contributed by atoms with Crippen LogP contribution in [0.4, 0.5) is 0 Å². The Morgan fingerprint density at radius 2 is 1.58 bits per heavy atom. The summed E-state index contributed by atoms with van der Waals surface area (Å²) >= 11 is 0. The second-order valence-corrected chi connectivity index (χ2v) is 6.95. The van der Waals surface area contributed by atoms with E-state index in [4.69, 9.17) is 0 Å². The molecule has 5 nitrogen and oxygen atoms in total. The van der Waals surface area contributed by atoms with Crippen molar-refractivity contribution >= 4 is 11.9 Å². The number of carbonyl (C=O) groups excluding carboxylic acids is 2. The van der Waals surface area contributed by atoms with Gasteiger partial charge in [-0.1, -0.05) is 38.1 Å². The van der Waals surface area contributed by atoms with Crippen LogP contribution in [-0.4, -0.2) is 43.0 Å². The van der Waals surface area contributed by atoms with Crippen LogP contribution in [0.15, 0.2) is 24.3 Å². The third kappa shape index (κ3) is 4.81. The van der Waals surface area contributed by atoms with Gasteiger partial charge in [-0.15, -0.1) is 0 Å². The van der Waals surface area contributed by atoms with E-state index in [2.05, 4.69) is 45.0 Å². The zero-order valence-electron chi connectivity index (χ0n) is 14.9. The maximum Gasteiger partial charge on any atom is 0.223 e. The molecule has 1 amide bonds. The van der Waals surface area contributed by atoms with Crippen LogP contribution >= 0.6 is 0 Å². The summed E-state index contributed by atoms with van der Waals surface area (Å²) in [6.45, 7) is 9.79. The molecule has 1 heterocycles. The highest BCUT2D eigenvalue weighted by Gasteiger charge is 2.27. The monoisotopic (exact) mass is 332 g/mol. The second-order valence-electron chi connectivity index (χ2n) is 6.95. The lowest BCUT2D eigenvalue weighted by Crippen LogP contribution is -3.14. The number of rotatable bonds is 6. The average molecular weight is 332 g/mol. The highest BCUT2D eigenvalue weighted by molar-refractivity contribution is 5.80. The van der Waals surface area contributed by atoms with Crippen molar-refractivity contribution in [2.75, 3.05) is 26.2 Å². The van der Waals surface area contributed by atoms with Gasteiger partial charge < -0.3 is 19.7 Å². The van der Waals surface area contributed by atoms with E-state index in [1.165, 1.54) is 16.0 Å². The van der Waals surface area contributed by atoms with Crippen molar-refractivity contribution in [1.29, 1.82) is 0 Å². The lowest BCUT2D eigenvalue weighted by atomic mass is 9.99. The molecule has 2 rings (SSSR count). The number of carboxylic acid groups (broad SMARTS) is 1. The van der Waals surface area contributed by atoms with E-state index < -0.39 is 5.97 Å². The molecule has 0 radical (unpaired) electrons. The SMILES string of the molecule is CC(C)c1ccc([C@@H](C)[NH+]2CCN(C(=O)CCC(=O)[O-])CC2)cc1. The van der Waals surface area contributed by atoms with Crippen molar-refractivity contribution in [2.24, 2.45) is 0 Å². The van der Waals surface area contributed by atoms with Crippen LogP contribution in [0.2, 0.25) is 0 Å². The molecule has 5 heteroatoms. The molecule has 1 N–H and O–H groups in total. The summed E-state index contributed by atoms with van der Waals surface area (Å²) in [6.07, 6.45) is -0.144. The van der Waals surface area contributed by atoms with Gasteiger partial charge in [0, 0.05) is 18.0 Å². The molecule has 0 saturated carbocycles. The third-order valence-corrected chi connectivity index (χ3v) is 5.02. The summed E-state index contributed by atoms with van der Waals surface area (Å²) < 4.78 is 0. The van der Waals surface area contributed by atoms with Crippen LogP contribution in [0, 0.1) is 0 Å². The molecular formula is C19H28N2O3. The predicted octanol–water partition coefficient (Wildman–Crippen LogP) is 0.128. The number of nitrogens with zero attached hydrogens (tertiary/aromatic N) is 1. The minimum atomic E-state index is -1.16. The van der Waals surface area contributed by atoms with Crippen LogP contribution in [-0.2, 0) is 9.59 Å². The predicted molar refractivity (Wildman–Crippen MR) is 90.5 cm³/mol. The van der Waals surface area contributed by atoms with Crippen LogP contribution in [0.5, 0.6) is 0 Å². The fraction of sp³-hybridized carbons (Fsp3) is 0.579. The van der Waals surface area contributed by atoms with E-state index in [0.29, 0.717) is 25.0 Å². The average Bonchev–Trinajstić information content (AvgIpc) is 2.59. The number of amides is 1. The Bertz CT molecular complexity index is 560. The highest BCUT2D eigenvalue weighted by atomic mass is 16.4. The van der Waals surface area contributed by atoms with E-state index in [1.54, 1.807) is 4.90 Å². The van der Waals surface area contributed by atoms with Crippen LogP contribution in [0.1, 0.15) is 56.7 Å². The molecular weight excluding hydrogens is 304 g/mol. The Balaban J connectivity index is 1.87. The number of nitrogens with one attached hydrogen (secondary N) is 1. The number of carbonyl (C=O) groups is 2. The highest BCUT2D eigenvalue weighted by Crippen LogP contribution is 2.17. The molecule has 1 saturated heterocycles. The zero-order valence-corrected chi connectivity index (χ0v) is 14.9. The molecule has 0 aromatic heterocycles. The van der Waals surface area contributed by atoms with Gasteiger partial charge in [0.05, 0.1) is 26.2 Å². The van der Waals surface area contributed by atoms with E-state index >= 15 is 0 Å². The van der Waals surface area contributed by atoms with Gasteiger partial charge in [0.25, 0.3) is 0 Å². The molecule has 1 aliphatic rings. The van der Waals surface area contributed by atoms with Crippen molar-refractivity contribution in [1.82, 2.24) is 4.90 Å². The Hall–Kier alpha value is -1.88. The molecule has 1 fully saturated rings. The van der Waals surface area contributed by atoms with Crippen LogP contribution in [0.25, 0.3) is 0 Å². The quantitative estimate of drug-likeness (QED) is 0.805. The van der Waals surface area contributed by atoms with Gasteiger partial charge in [0.2, 0.25) is 5.91 Å².